The van der Waals surface area contributed by atoms with Gasteiger partial charge in [0.15, 0.2) is 11.0 Å². The number of halogens is 1. The second kappa shape index (κ2) is 4.21. The minimum atomic E-state index is 0.0678. The number of nitrogens with zero attached hydrogens (tertiary/aromatic N) is 5. The van der Waals surface area contributed by atoms with Gasteiger partial charge in [0, 0.05) is 12.4 Å². The third-order valence-corrected chi connectivity index (χ3v) is 2.71. The van der Waals surface area contributed by atoms with Crippen LogP contribution in [0.3, 0.4) is 0 Å². The van der Waals surface area contributed by atoms with E-state index < -0.39 is 0 Å². The zero-order valence-corrected chi connectivity index (χ0v) is 9.66. The average molecular weight is 262 g/mol. The first-order valence-corrected chi connectivity index (χ1v) is 5.36. The van der Waals surface area contributed by atoms with E-state index in [1.807, 2.05) is 0 Å². The lowest BCUT2D eigenvalue weighted by molar-refractivity contribution is 0.946. The lowest BCUT2D eigenvalue weighted by Crippen LogP contribution is -1.94. The summed E-state index contributed by atoms with van der Waals surface area (Å²) < 4.78 is 1.65. The molecule has 18 heavy (non-hydrogen) atoms. The second-order valence-electron chi connectivity index (χ2n) is 3.46. The van der Waals surface area contributed by atoms with Crippen molar-refractivity contribution in [2.75, 3.05) is 5.48 Å². The Hall–Kier alpha value is -2.25. The van der Waals surface area contributed by atoms with Gasteiger partial charge in [0.05, 0.1) is 35.4 Å². The molecule has 0 aromatic carbocycles. The summed E-state index contributed by atoms with van der Waals surface area (Å²) in [6.07, 6.45) is 7.94. The molecule has 0 spiro atoms. The van der Waals surface area contributed by atoms with Gasteiger partial charge < -0.3 is 10.7 Å². The highest BCUT2D eigenvalue weighted by molar-refractivity contribution is 6.32. The monoisotopic (exact) mass is 261 g/mol. The molecule has 0 unspecified atom stereocenters. The SMILES string of the molecule is [O-]Nc1cnc(-c2cnn3ccncc23)nc1Cl. The van der Waals surface area contributed by atoms with Crippen LogP contribution in [0.1, 0.15) is 0 Å². The van der Waals surface area contributed by atoms with Gasteiger partial charge in [-0.2, -0.15) is 5.10 Å². The first-order valence-electron chi connectivity index (χ1n) is 4.98. The first-order chi connectivity index (χ1) is 8.79. The van der Waals surface area contributed by atoms with E-state index in [0.717, 1.165) is 5.52 Å². The number of aromatic nitrogens is 5. The fraction of sp³-hybridized carbons (Fsp3) is 0. The maximum Gasteiger partial charge on any atom is 0.164 e. The van der Waals surface area contributed by atoms with E-state index in [4.69, 9.17) is 11.6 Å². The third kappa shape index (κ3) is 1.66. The molecule has 0 radical (unpaired) electrons. The van der Waals surface area contributed by atoms with E-state index in [2.05, 4.69) is 20.1 Å². The molecule has 3 rings (SSSR count). The Labute approximate surface area is 106 Å². The third-order valence-electron chi connectivity index (χ3n) is 2.42. The lowest BCUT2D eigenvalue weighted by atomic mass is 10.3. The standard InChI is InChI=1S/C10H6ClN6O/c11-9-7(16-18)4-13-10(15-9)6-3-14-17-2-1-12-5-8(6)17/h1-5,16H/q-1. The molecule has 90 valence electrons. The maximum atomic E-state index is 10.5. The van der Waals surface area contributed by atoms with E-state index in [1.54, 1.807) is 34.8 Å². The molecule has 0 atom stereocenters. The molecule has 0 saturated heterocycles. The Balaban J connectivity index is 2.17. The average Bonchev–Trinajstić information content (AvgIpc) is 2.82. The highest BCUT2D eigenvalue weighted by Gasteiger charge is 2.10. The maximum absolute atomic E-state index is 10.5. The number of rotatable bonds is 2. The summed E-state index contributed by atoms with van der Waals surface area (Å²) in [5, 5.41) is 14.7. The molecule has 3 heterocycles. The van der Waals surface area contributed by atoms with E-state index in [1.165, 1.54) is 6.20 Å². The Bertz CT molecular complexity index is 712. The molecule has 0 bridgehead atoms. The summed E-state index contributed by atoms with van der Waals surface area (Å²) in [6, 6.07) is 0. The Morgan fingerprint density at radius 3 is 2.94 bits per heavy atom. The van der Waals surface area contributed by atoms with Crippen LogP contribution in [-0.2, 0) is 0 Å². The van der Waals surface area contributed by atoms with Crippen LogP contribution >= 0.6 is 11.6 Å². The smallest absolute Gasteiger partial charge is 0.164 e. The normalized spacial score (nSPS) is 10.8. The predicted molar refractivity (Wildman–Crippen MR) is 66.0 cm³/mol. The van der Waals surface area contributed by atoms with Crippen molar-refractivity contribution in [2.45, 2.75) is 0 Å². The van der Waals surface area contributed by atoms with Crippen molar-refractivity contribution in [3.63, 3.8) is 0 Å². The van der Waals surface area contributed by atoms with Crippen LogP contribution in [-0.4, -0.2) is 24.6 Å². The van der Waals surface area contributed by atoms with Crippen molar-refractivity contribution in [1.29, 1.82) is 0 Å². The van der Waals surface area contributed by atoms with Gasteiger partial charge in [0.2, 0.25) is 0 Å². The number of nitrogens with one attached hydrogen (secondary N) is 1. The van der Waals surface area contributed by atoms with Gasteiger partial charge in [0.1, 0.15) is 0 Å². The fourth-order valence-corrected chi connectivity index (χ4v) is 1.73. The van der Waals surface area contributed by atoms with Crippen LogP contribution in [0.4, 0.5) is 5.69 Å². The molecule has 0 aliphatic carbocycles. The number of hydrogen-bond donors (Lipinski definition) is 1. The summed E-state index contributed by atoms with van der Waals surface area (Å²) in [4.78, 5) is 12.1. The Morgan fingerprint density at radius 1 is 1.28 bits per heavy atom. The molecule has 3 aromatic heterocycles. The summed E-state index contributed by atoms with van der Waals surface area (Å²) >= 11 is 5.84. The van der Waals surface area contributed by atoms with Crippen LogP contribution in [0.25, 0.3) is 16.9 Å². The highest BCUT2D eigenvalue weighted by Crippen LogP contribution is 2.24. The highest BCUT2D eigenvalue weighted by atomic mass is 35.5. The Morgan fingerprint density at radius 2 is 2.17 bits per heavy atom. The summed E-state index contributed by atoms with van der Waals surface area (Å²) in [6.45, 7) is 0. The van der Waals surface area contributed by atoms with E-state index in [-0.39, 0.29) is 10.8 Å². The number of hydrogen-bond acceptors (Lipinski definition) is 6. The van der Waals surface area contributed by atoms with Gasteiger partial charge in [-0.3, -0.25) is 4.98 Å². The molecule has 0 aliphatic rings. The van der Waals surface area contributed by atoms with Crippen molar-refractivity contribution < 1.29 is 0 Å². The zero-order valence-electron chi connectivity index (χ0n) is 8.91. The zero-order chi connectivity index (χ0) is 12.5. The molecule has 8 heteroatoms. The van der Waals surface area contributed by atoms with Crippen LogP contribution in [0.2, 0.25) is 5.15 Å². The molecule has 3 aromatic rings. The summed E-state index contributed by atoms with van der Waals surface area (Å²) in [5.74, 6) is 0.391. The number of fused-ring (bicyclic) bond motifs is 1. The van der Waals surface area contributed by atoms with Gasteiger partial charge in [-0.25, -0.2) is 14.5 Å². The van der Waals surface area contributed by atoms with E-state index >= 15 is 0 Å². The molecule has 7 nitrogen and oxygen atoms in total. The molecule has 0 amide bonds. The van der Waals surface area contributed by atoms with Gasteiger partial charge in [-0.1, -0.05) is 11.6 Å². The summed E-state index contributed by atoms with van der Waals surface area (Å²) in [7, 11) is 0. The van der Waals surface area contributed by atoms with E-state index in [9.17, 15) is 5.21 Å². The van der Waals surface area contributed by atoms with Crippen LogP contribution in [0, 0.1) is 5.21 Å². The molecule has 0 aliphatic heterocycles. The predicted octanol–water partition coefficient (Wildman–Crippen LogP) is 1.75. The minimum absolute atomic E-state index is 0.0678. The van der Waals surface area contributed by atoms with E-state index in [0.29, 0.717) is 11.4 Å². The summed E-state index contributed by atoms with van der Waals surface area (Å²) in [5.41, 5.74) is 3.26. The van der Waals surface area contributed by atoms with Crippen molar-refractivity contribution in [1.82, 2.24) is 24.6 Å². The fourth-order valence-electron chi connectivity index (χ4n) is 1.57. The molecular formula is C10H6ClN6O-. The quantitative estimate of drug-likeness (QED) is 0.558. The number of anilines is 1. The minimum Gasteiger partial charge on any atom is -0.761 e. The van der Waals surface area contributed by atoms with Gasteiger partial charge in [0.25, 0.3) is 0 Å². The van der Waals surface area contributed by atoms with Crippen molar-refractivity contribution in [3.8, 4) is 11.4 Å². The van der Waals surface area contributed by atoms with Gasteiger partial charge >= 0.3 is 0 Å². The molecular weight excluding hydrogens is 256 g/mol. The topological polar surface area (TPSA) is 91.1 Å². The van der Waals surface area contributed by atoms with Gasteiger partial charge in [-0.15, -0.1) is 0 Å². The van der Waals surface area contributed by atoms with Crippen molar-refractivity contribution in [2.24, 2.45) is 0 Å². The largest absolute Gasteiger partial charge is 0.761 e. The second-order valence-corrected chi connectivity index (χ2v) is 3.82. The van der Waals surface area contributed by atoms with Crippen molar-refractivity contribution >= 4 is 22.8 Å². The molecule has 1 N–H and O–H groups in total. The van der Waals surface area contributed by atoms with Gasteiger partial charge in [-0.05, 0) is 0 Å². The van der Waals surface area contributed by atoms with Crippen LogP contribution < -0.4 is 5.48 Å². The van der Waals surface area contributed by atoms with Crippen LogP contribution in [0.15, 0.2) is 31.0 Å². The lowest BCUT2D eigenvalue weighted by Gasteiger charge is -2.10. The van der Waals surface area contributed by atoms with Crippen molar-refractivity contribution in [3.05, 3.63) is 41.3 Å². The molecule has 0 fully saturated rings. The first kappa shape index (κ1) is 10.9. The Kier molecular flexibility index (Phi) is 2.54. The van der Waals surface area contributed by atoms with Crippen LogP contribution in [0.5, 0.6) is 0 Å². The molecule has 0 saturated carbocycles.